The topological polar surface area (TPSA) is 105 Å². The van der Waals surface area contributed by atoms with Gasteiger partial charge in [0.2, 0.25) is 17.6 Å². The Hall–Kier alpha value is -2.56. The Morgan fingerprint density at radius 1 is 1.28 bits per heavy atom. The summed E-state index contributed by atoms with van der Waals surface area (Å²) in [5.74, 6) is 0.636. The lowest BCUT2D eigenvalue weighted by molar-refractivity contribution is -0.120. The quantitative estimate of drug-likeness (QED) is 0.572. The van der Waals surface area contributed by atoms with Crippen molar-refractivity contribution in [3.05, 3.63) is 47.2 Å². The van der Waals surface area contributed by atoms with Gasteiger partial charge in [-0.2, -0.15) is 9.29 Å². The molecule has 0 bridgehead atoms. The molecule has 0 aliphatic carbocycles. The summed E-state index contributed by atoms with van der Waals surface area (Å²) in [7, 11) is -3.71. The van der Waals surface area contributed by atoms with E-state index in [1.54, 1.807) is 18.4 Å². The number of aryl methyl sites for hydroxylation is 1. The fraction of sp³-hybridized carbons (Fsp3) is 0.409. The monoisotopic (exact) mass is 474 g/mol. The smallest absolute Gasteiger partial charge is 0.252 e. The van der Waals surface area contributed by atoms with Crippen molar-refractivity contribution in [1.82, 2.24) is 14.4 Å². The highest BCUT2D eigenvalue weighted by molar-refractivity contribution is 7.91. The van der Waals surface area contributed by atoms with Crippen LogP contribution in [0.3, 0.4) is 0 Å². The minimum Gasteiger partial charge on any atom is -0.339 e. The zero-order valence-electron chi connectivity index (χ0n) is 18.2. The molecule has 1 atom stereocenters. The lowest BCUT2D eigenvalue weighted by Crippen LogP contribution is -2.43. The lowest BCUT2D eigenvalue weighted by Gasteiger charge is -2.30. The number of aromatic nitrogens is 2. The van der Waals surface area contributed by atoms with Crippen LogP contribution in [0.25, 0.3) is 11.4 Å². The Morgan fingerprint density at radius 3 is 2.69 bits per heavy atom. The summed E-state index contributed by atoms with van der Waals surface area (Å²) in [5.41, 5.74) is 2.52. The van der Waals surface area contributed by atoms with Gasteiger partial charge >= 0.3 is 0 Å². The molecule has 32 heavy (non-hydrogen) atoms. The molecule has 0 radical (unpaired) electrons. The minimum atomic E-state index is -3.71. The maximum Gasteiger partial charge on any atom is 0.252 e. The standard InChI is InChI=1S/C22H26N4O4S2/c1-14(2)16-6-8-19(9-7-16)24-22(27)17-5-4-10-26(12-17)32(28,29)20-11-18(13-31-20)21-23-15(3)30-25-21/h6-9,11,13-14,17H,4-5,10,12H2,1-3H3,(H,24,27)/t17-/m0/s1. The van der Waals surface area contributed by atoms with Crippen LogP contribution in [0.1, 0.15) is 44.1 Å². The molecule has 0 unspecified atom stereocenters. The zero-order valence-corrected chi connectivity index (χ0v) is 19.9. The highest BCUT2D eigenvalue weighted by Gasteiger charge is 2.34. The van der Waals surface area contributed by atoms with Crippen LogP contribution in [0, 0.1) is 12.8 Å². The molecule has 10 heteroatoms. The second-order valence-corrected chi connectivity index (χ2v) is 11.3. The van der Waals surface area contributed by atoms with Crippen molar-refractivity contribution >= 4 is 33.0 Å². The normalized spacial score (nSPS) is 17.6. The van der Waals surface area contributed by atoms with E-state index in [-0.39, 0.29) is 16.7 Å². The molecule has 4 rings (SSSR count). The van der Waals surface area contributed by atoms with E-state index in [9.17, 15) is 13.2 Å². The van der Waals surface area contributed by atoms with Crippen molar-refractivity contribution in [2.75, 3.05) is 18.4 Å². The molecule has 1 N–H and O–H groups in total. The van der Waals surface area contributed by atoms with Crippen LogP contribution < -0.4 is 5.32 Å². The third-order valence-electron chi connectivity index (χ3n) is 5.56. The highest BCUT2D eigenvalue weighted by atomic mass is 32.2. The van der Waals surface area contributed by atoms with Crippen LogP contribution in [-0.2, 0) is 14.8 Å². The number of rotatable bonds is 6. The van der Waals surface area contributed by atoms with Gasteiger partial charge in [0.05, 0.1) is 5.92 Å². The number of anilines is 1. The molecule has 1 aliphatic heterocycles. The molecule has 0 saturated carbocycles. The molecule has 1 aromatic carbocycles. The van der Waals surface area contributed by atoms with E-state index in [0.717, 1.165) is 17.0 Å². The van der Waals surface area contributed by atoms with Crippen molar-refractivity contribution < 1.29 is 17.7 Å². The molecular formula is C22H26N4O4S2. The summed E-state index contributed by atoms with van der Waals surface area (Å²) < 4.78 is 33.0. The summed E-state index contributed by atoms with van der Waals surface area (Å²) >= 11 is 1.12. The van der Waals surface area contributed by atoms with Crippen LogP contribution >= 0.6 is 11.3 Å². The number of sulfonamides is 1. The van der Waals surface area contributed by atoms with E-state index in [4.69, 9.17) is 4.52 Å². The SMILES string of the molecule is Cc1nc(-c2csc(S(=O)(=O)N3CCC[C@H](C(=O)Nc4ccc(C(C)C)cc4)C3)c2)no1. The third-order valence-corrected chi connectivity index (χ3v) is 8.84. The molecule has 2 aromatic heterocycles. The van der Waals surface area contributed by atoms with Crippen molar-refractivity contribution in [1.29, 1.82) is 0 Å². The second-order valence-electron chi connectivity index (χ2n) is 8.26. The molecule has 1 saturated heterocycles. The summed E-state index contributed by atoms with van der Waals surface area (Å²) in [5, 5.41) is 8.48. The number of benzene rings is 1. The summed E-state index contributed by atoms with van der Waals surface area (Å²) in [4.78, 5) is 17.0. The van der Waals surface area contributed by atoms with Crippen molar-refractivity contribution in [3.8, 4) is 11.4 Å². The average Bonchev–Trinajstić information content (AvgIpc) is 3.44. The Labute approximate surface area is 191 Å². The van der Waals surface area contributed by atoms with Crippen LogP contribution in [0.15, 0.2) is 44.4 Å². The molecule has 8 nitrogen and oxygen atoms in total. The number of carbonyl (C=O) groups excluding carboxylic acids is 1. The van der Waals surface area contributed by atoms with E-state index in [0.29, 0.717) is 42.6 Å². The number of piperidine rings is 1. The molecule has 3 aromatic rings. The zero-order chi connectivity index (χ0) is 22.9. The van der Waals surface area contributed by atoms with Gasteiger partial charge in [-0.3, -0.25) is 4.79 Å². The number of nitrogens with one attached hydrogen (secondary N) is 1. The van der Waals surface area contributed by atoms with Crippen LogP contribution in [0.4, 0.5) is 5.69 Å². The fourth-order valence-corrected chi connectivity index (χ4v) is 6.52. The van der Waals surface area contributed by atoms with Gasteiger partial charge in [-0.05, 0) is 42.5 Å². The first-order valence-electron chi connectivity index (χ1n) is 10.5. The maximum atomic E-state index is 13.2. The number of hydrogen-bond acceptors (Lipinski definition) is 7. The minimum absolute atomic E-state index is 0.156. The Morgan fingerprint density at radius 2 is 2.03 bits per heavy atom. The Balaban J connectivity index is 1.44. The van der Waals surface area contributed by atoms with Crippen LogP contribution in [0.5, 0.6) is 0 Å². The molecule has 170 valence electrons. The van der Waals surface area contributed by atoms with Gasteiger partial charge in [-0.25, -0.2) is 8.42 Å². The molecule has 1 amide bonds. The largest absolute Gasteiger partial charge is 0.339 e. The molecule has 0 spiro atoms. The molecule has 1 fully saturated rings. The Bertz CT molecular complexity index is 1200. The molecular weight excluding hydrogens is 448 g/mol. The van der Waals surface area contributed by atoms with Crippen LogP contribution in [-0.4, -0.2) is 41.9 Å². The van der Waals surface area contributed by atoms with Crippen molar-refractivity contribution in [2.45, 2.75) is 43.7 Å². The number of thiophene rings is 1. The van der Waals surface area contributed by atoms with E-state index in [1.165, 1.54) is 9.87 Å². The van der Waals surface area contributed by atoms with Gasteiger partial charge < -0.3 is 9.84 Å². The summed E-state index contributed by atoms with van der Waals surface area (Å²) in [6, 6.07) is 9.33. The number of hydrogen-bond donors (Lipinski definition) is 1. The van der Waals surface area contributed by atoms with Crippen LogP contribution in [0.2, 0.25) is 0 Å². The van der Waals surface area contributed by atoms with Crippen molar-refractivity contribution in [3.63, 3.8) is 0 Å². The fourth-order valence-electron chi connectivity index (χ4n) is 3.68. The number of carbonyl (C=O) groups is 1. The average molecular weight is 475 g/mol. The second kappa shape index (κ2) is 9.13. The first-order chi connectivity index (χ1) is 15.2. The third kappa shape index (κ3) is 4.77. The first kappa shape index (κ1) is 22.6. The van der Waals surface area contributed by atoms with Gasteiger partial charge in [0.25, 0.3) is 10.0 Å². The number of nitrogens with zero attached hydrogens (tertiary/aromatic N) is 3. The maximum absolute atomic E-state index is 13.2. The van der Waals surface area contributed by atoms with Gasteiger partial charge in [-0.15, -0.1) is 11.3 Å². The van der Waals surface area contributed by atoms with Crippen molar-refractivity contribution in [2.24, 2.45) is 5.92 Å². The predicted octanol–water partition coefficient (Wildman–Crippen LogP) is 4.27. The Kier molecular flexibility index (Phi) is 6.45. The van der Waals surface area contributed by atoms with E-state index >= 15 is 0 Å². The molecule has 1 aliphatic rings. The number of amides is 1. The summed E-state index contributed by atoms with van der Waals surface area (Å²) in [6.07, 6.45) is 1.28. The van der Waals surface area contributed by atoms with E-state index in [2.05, 4.69) is 29.3 Å². The highest BCUT2D eigenvalue weighted by Crippen LogP contribution is 2.31. The summed E-state index contributed by atoms with van der Waals surface area (Å²) in [6.45, 7) is 6.46. The van der Waals surface area contributed by atoms with Gasteiger partial charge in [0.15, 0.2) is 0 Å². The van der Waals surface area contributed by atoms with Gasteiger partial charge in [-0.1, -0.05) is 31.1 Å². The molecule has 3 heterocycles. The van der Waals surface area contributed by atoms with E-state index < -0.39 is 15.9 Å². The van der Waals surface area contributed by atoms with Gasteiger partial charge in [0, 0.05) is 36.6 Å². The predicted molar refractivity (Wildman–Crippen MR) is 123 cm³/mol. The van der Waals surface area contributed by atoms with E-state index in [1.807, 2.05) is 24.3 Å². The lowest BCUT2D eigenvalue weighted by atomic mass is 9.98. The first-order valence-corrected chi connectivity index (χ1v) is 12.9. The van der Waals surface area contributed by atoms with Gasteiger partial charge in [0.1, 0.15) is 4.21 Å².